The van der Waals surface area contributed by atoms with Gasteiger partial charge >= 0.3 is 0 Å². The van der Waals surface area contributed by atoms with E-state index < -0.39 is 0 Å². The van der Waals surface area contributed by atoms with Crippen LogP contribution in [-0.2, 0) is 0 Å². The number of amidine groups is 1. The molecule has 0 amide bonds. The largest absolute Gasteiger partial charge is 0.441 e. The molecule has 1 fully saturated rings. The second-order valence-corrected chi connectivity index (χ2v) is 8.67. The number of allylic oxidation sites excluding steroid dienone is 1. The first kappa shape index (κ1) is 19.3. The van der Waals surface area contributed by atoms with Gasteiger partial charge in [-0.1, -0.05) is 6.07 Å². The van der Waals surface area contributed by atoms with Crippen LogP contribution in [0.2, 0.25) is 0 Å². The Labute approximate surface area is 160 Å². The average Bonchev–Trinajstić information content (AvgIpc) is 2.88. The van der Waals surface area contributed by atoms with Gasteiger partial charge in [-0.2, -0.15) is 0 Å². The lowest BCUT2D eigenvalue weighted by Gasteiger charge is -2.45. The minimum Gasteiger partial charge on any atom is -0.441 e. The van der Waals surface area contributed by atoms with E-state index in [1.165, 1.54) is 0 Å². The minimum absolute atomic E-state index is 0.0250. The van der Waals surface area contributed by atoms with Crippen molar-refractivity contribution < 1.29 is 4.42 Å². The molecule has 27 heavy (non-hydrogen) atoms. The number of fused-ring (bicyclic) bond motifs is 1. The standard InChI is InChI=1S/C21H29N5O/c1-13-24-17-8-6-14(10-18(17)27-13)16(22)7-9-19(23)25-15-11-20(2,3)26-21(4,5)12-15/h6-10,15,22,26H,11-12H2,1-5H3,(H2,23,25)/b9-7-,22-16?. The first-order valence-electron chi connectivity index (χ1n) is 9.30. The van der Waals surface area contributed by atoms with Crippen LogP contribution in [0.25, 0.3) is 11.1 Å². The Morgan fingerprint density at radius 1 is 1.26 bits per heavy atom. The zero-order valence-electron chi connectivity index (χ0n) is 16.8. The summed E-state index contributed by atoms with van der Waals surface area (Å²) in [6, 6.07) is 5.72. The van der Waals surface area contributed by atoms with Crippen LogP contribution in [0, 0.1) is 12.3 Å². The summed E-state index contributed by atoms with van der Waals surface area (Å²) in [5, 5.41) is 11.9. The number of hydrogen-bond acceptors (Lipinski definition) is 5. The van der Waals surface area contributed by atoms with Gasteiger partial charge in [-0.15, -0.1) is 0 Å². The molecule has 1 aliphatic heterocycles. The Morgan fingerprint density at radius 2 is 1.93 bits per heavy atom. The van der Waals surface area contributed by atoms with Crippen molar-refractivity contribution in [3.63, 3.8) is 0 Å². The maximum atomic E-state index is 8.28. The molecular formula is C21H29N5O. The topological polar surface area (TPSA) is 100 Å². The predicted molar refractivity (Wildman–Crippen MR) is 111 cm³/mol. The fourth-order valence-corrected chi connectivity index (χ4v) is 4.09. The Kier molecular flexibility index (Phi) is 4.95. The van der Waals surface area contributed by atoms with Crippen LogP contribution in [0.3, 0.4) is 0 Å². The van der Waals surface area contributed by atoms with Crippen molar-refractivity contribution in [2.24, 2.45) is 10.7 Å². The monoisotopic (exact) mass is 367 g/mol. The van der Waals surface area contributed by atoms with Crippen molar-refractivity contribution in [1.29, 1.82) is 5.41 Å². The molecule has 0 spiro atoms. The maximum Gasteiger partial charge on any atom is 0.192 e. The number of rotatable bonds is 4. The highest BCUT2D eigenvalue weighted by Crippen LogP contribution is 2.30. The molecule has 6 heteroatoms. The summed E-state index contributed by atoms with van der Waals surface area (Å²) < 4.78 is 5.54. The summed E-state index contributed by atoms with van der Waals surface area (Å²) in [6.07, 6.45) is 5.26. The number of nitrogens with one attached hydrogen (secondary N) is 2. The number of nitrogens with zero attached hydrogens (tertiary/aromatic N) is 2. The average molecular weight is 367 g/mol. The molecule has 0 atom stereocenters. The van der Waals surface area contributed by atoms with Crippen LogP contribution in [0.15, 0.2) is 39.8 Å². The molecule has 2 aromatic rings. The van der Waals surface area contributed by atoms with E-state index in [9.17, 15) is 0 Å². The van der Waals surface area contributed by atoms with Crippen molar-refractivity contribution in [2.45, 2.75) is 64.6 Å². The summed E-state index contributed by atoms with van der Waals surface area (Å²) in [7, 11) is 0. The summed E-state index contributed by atoms with van der Waals surface area (Å²) in [6.45, 7) is 10.6. The molecular weight excluding hydrogens is 338 g/mol. The van der Waals surface area contributed by atoms with Crippen LogP contribution in [-0.4, -0.2) is 33.7 Å². The van der Waals surface area contributed by atoms with E-state index in [4.69, 9.17) is 15.6 Å². The summed E-state index contributed by atoms with van der Waals surface area (Å²) in [4.78, 5) is 8.97. The van der Waals surface area contributed by atoms with E-state index >= 15 is 0 Å². The van der Waals surface area contributed by atoms with Crippen molar-refractivity contribution in [2.75, 3.05) is 0 Å². The van der Waals surface area contributed by atoms with E-state index in [0.29, 0.717) is 23.0 Å². The molecule has 6 nitrogen and oxygen atoms in total. The fraction of sp³-hybridized carbons (Fsp3) is 0.476. The molecule has 0 radical (unpaired) electrons. The molecule has 1 aliphatic rings. The highest BCUT2D eigenvalue weighted by molar-refractivity contribution is 6.10. The van der Waals surface area contributed by atoms with Gasteiger partial charge < -0.3 is 20.9 Å². The van der Waals surface area contributed by atoms with Crippen LogP contribution < -0.4 is 11.1 Å². The molecule has 0 bridgehead atoms. The summed E-state index contributed by atoms with van der Waals surface area (Å²) >= 11 is 0. The molecule has 1 aromatic heterocycles. The number of aromatic nitrogens is 1. The van der Waals surface area contributed by atoms with Crippen LogP contribution in [0.1, 0.15) is 52.0 Å². The van der Waals surface area contributed by atoms with Crippen LogP contribution in [0.4, 0.5) is 0 Å². The highest BCUT2D eigenvalue weighted by Gasteiger charge is 2.37. The molecule has 3 rings (SSSR count). The number of piperidine rings is 1. The van der Waals surface area contributed by atoms with Gasteiger partial charge in [0.25, 0.3) is 0 Å². The van der Waals surface area contributed by atoms with Gasteiger partial charge in [0.05, 0.1) is 11.8 Å². The van der Waals surface area contributed by atoms with Crippen molar-refractivity contribution in [3.05, 3.63) is 41.8 Å². The van der Waals surface area contributed by atoms with Crippen LogP contribution >= 0.6 is 0 Å². The Bertz CT molecular complexity index is 904. The van der Waals surface area contributed by atoms with Gasteiger partial charge in [0.15, 0.2) is 11.5 Å². The van der Waals surface area contributed by atoms with E-state index in [-0.39, 0.29) is 17.1 Å². The van der Waals surface area contributed by atoms with Crippen molar-refractivity contribution in [3.8, 4) is 0 Å². The number of benzene rings is 1. The zero-order valence-corrected chi connectivity index (χ0v) is 16.8. The number of hydrogen-bond donors (Lipinski definition) is 3. The molecule has 4 N–H and O–H groups in total. The smallest absolute Gasteiger partial charge is 0.192 e. The lowest BCUT2D eigenvalue weighted by atomic mass is 9.80. The quantitative estimate of drug-likeness (QED) is 0.566. The van der Waals surface area contributed by atoms with Gasteiger partial charge in [0.2, 0.25) is 0 Å². The van der Waals surface area contributed by atoms with Crippen LogP contribution in [0.5, 0.6) is 0 Å². The third-order valence-electron chi connectivity index (χ3n) is 4.73. The Morgan fingerprint density at radius 3 is 2.59 bits per heavy atom. The fourth-order valence-electron chi connectivity index (χ4n) is 4.09. The lowest BCUT2D eigenvalue weighted by molar-refractivity contribution is 0.164. The summed E-state index contributed by atoms with van der Waals surface area (Å²) in [5.74, 6) is 1.07. The SMILES string of the molecule is Cc1nc2ccc(C(=N)/C=C\C(N)=NC3CC(C)(C)NC(C)(C)C3)cc2o1. The molecule has 0 saturated carbocycles. The maximum absolute atomic E-state index is 8.28. The molecule has 144 valence electrons. The third kappa shape index (κ3) is 4.83. The van der Waals surface area contributed by atoms with E-state index in [2.05, 4.69) is 43.0 Å². The molecule has 0 aliphatic carbocycles. The van der Waals surface area contributed by atoms with Gasteiger partial charge in [-0.25, -0.2) is 4.98 Å². The van der Waals surface area contributed by atoms with Gasteiger partial charge in [-0.05, 0) is 64.8 Å². The van der Waals surface area contributed by atoms with E-state index in [1.807, 2.05) is 25.1 Å². The predicted octanol–water partition coefficient (Wildman–Crippen LogP) is 3.73. The zero-order chi connectivity index (χ0) is 19.8. The highest BCUT2D eigenvalue weighted by atomic mass is 16.3. The van der Waals surface area contributed by atoms with Crippen molar-refractivity contribution in [1.82, 2.24) is 10.3 Å². The van der Waals surface area contributed by atoms with E-state index in [0.717, 1.165) is 23.9 Å². The first-order chi connectivity index (χ1) is 12.5. The minimum atomic E-state index is 0.0250. The van der Waals surface area contributed by atoms with Gasteiger partial charge in [-0.3, -0.25) is 4.99 Å². The lowest BCUT2D eigenvalue weighted by Crippen LogP contribution is -2.59. The molecule has 1 saturated heterocycles. The first-order valence-corrected chi connectivity index (χ1v) is 9.30. The van der Waals surface area contributed by atoms with E-state index in [1.54, 1.807) is 12.2 Å². The number of nitrogens with two attached hydrogens (primary N) is 1. The third-order valence-corrected chi connectivity index (χ3v) is 4.73. The normalized spacial score (nSPS) is 20.4. The van der Waals surface area contributed by atoms with Gasteiger partial charge in [0, 0.05) is 23.6 Å². The Balaban J connectivity index is 1.71. The second-order valence-electron chi connectivity index (χ2n) is 8.67. The molecule has 2 heterocycles. The number of oxazole rings is 1. The van der Waals surface area contributed by atoms with Crippen molar-refractivity contribution >= 4 is 22.6 Å². The number of aryl methyl sites for hydroxylation is 1. The molecule has 0 unspecified atom stereocenters. The Hall–Kier alpha value is -2.47. The summed E-state index contributed by atoms with van der Waals surface area (Å²) in [5.41, 5.74) is 8.76. The second kappa shape index (κ2) is 6.93. The van der Waals surface area contributed by atoms with Gasteiger partial charge in [0.1, 0.15) is 11.4 Å². The number of aliphatic imine (C=N–C) groups is 1. The molecule has 1 aromatic carbocycles.